The predicted molar refractivity (Wildman–Crippen MR) is 75.9 cm³/mol. The van der Waals surface area contributed by atoms with Gasteiger partial charge in [-0.25, -0.2) is 8.78 Å². The highest BCUT2D eigenvalue weighted by atomic mass is 19.2. The fourth-order valence-corrected chi connectivity index (χ4v) is 2.61. The number of aromatic nitrogens is 2. The zero-order valence-electron chi connectivity index (χ0n) is 12.4. The Morgan fingerprint density at radius 3 is 2.41 bits per heavy atom. The second-order valence-electron chi connectivity index (χ2n) is 5.50. The third kappa shape index (κ3) is 3.48. The van der Waals surface area contributed by atoms with Gasteiger partial charge in [-0.3, -0.25) is 9.80 Å². The Bertz CT molecular complexity index is 638. The van der Waals surface area contributed by atoms with E-state index in [-0.39, 0.29) is 0 Å². The first-order valence-corrected chi connectivity index (χ1v) is 7.28. The lowest BCUT2D eigenvalue weighted by atomic mass is 10.1. The highest BCUT2D eigenvalue weighted by Crippen LogP contribution is 2.15. The standard InChI is InChI=1S/C15H18F2N4O/c1-11-18-14(22-19-11)10-21-7-5-20(6-8-21)9-12-3-2-4-13(16)15(12)17/h2-4H,5-10H2,1H3. The van der Waals surface area contributed by atoms with Gasteiger partial charge in [0.1, 0.15) is 0 Å². The van der Waals surface area contributed by atoms with Crippen LogP contribution in [0.2, 0.25) is 0 Å². The molecule has 118 valence electrons. The molecular formula is C15H18F2N4O. The quantitative estimate of drug-likeness (QED) is 0.864. The van der Waals surface area contributed by atoms with Crippen LogP contribution in [0.4, 0.5) is 8.78 Å². The van der Waals surface area contributed by atoms with Gasteiger partial charge in [0, 0.05) is 38.3 Å². The van der Waals surface area contributed by atoms with E-state index in [4.69, 9.17) is 4.52 Å². The Morgan fingerprint density at radius 2 is 1.77 bits per heavy atom. The molecule has 0 N–H and O–H groups in total. The molecule has 1 aliphatic rings. The van der Waals surface area contributed by atoms with Crippen LogP contribution in [0, 0.1) is 18.6 Å². The number of hydrogen-bond acceptors (Lipinski definition) is 5. The molecule has 3 rings (SSSR count). The Kier molecular flexibility index (Phi) is 4.44. The lowest BCUT2D eigenvalue weighted by molar-refractivity contribution is 0.111. The molecular weight excluding hydrogens is 290 g/mol. The van der Waals surface area contributed by atoms with Gasteiger partial charge in [0.2, 0.25) is 5.89 Å². The topological polar surface area (TPSA) is 45.4 Å². The molecule has 0 atom stereocenters. The average molecular weight is 308 g/mol. The number of rotatable bonds is 4. The van der Waals surface area contributed by atoms with Crippen LogP contribution in [-0.4, -0.2) is 46.1 Å². The maximum Gasteiger partial charge on any atom is 0.240 e. The number of piperazine rings is 1. The molecule has 2 aromatic rings. The van der Waals surface area contributed by atoms with E-state index >= 15 is 0 Å². The monoisotopic (exact) mass is 308 g/mol. The van der Waals surface area contributed by atoms with Crippen LogP contribution in [0.3, 0.4) is 0 Å². The molecule has 1 fully saturated rings. The van der Waals surface area contributed by atoms with Gasteiger partial charge in [-0.2, -0.15) is 4.98 Å². The van der Waals surface area contributed by atoms with Crippen molar-refractivity contribution in [1.82, 2.24) is 19.9 Å². The summed E-state index contributed by atoms with van der Waals surface area (Å²) in [4.78, 5) is 8.52. The first-order valence-electron chi connectivity index (χ1n) is 7.28. The molecule has 0 amide bonds. The van der Waals surface area contributed by atoms with Crippen LogP contribution >= 0.6 is 0 Å². The fraction of sp³-hybridized carbons (Fsp3) is 0.467. The summed E-state index contributed by atoms with van der Waals surface area (Å²) in [6.07, 6.45) is 0. The Labute approximate surface area is 127 Å². The van der Waals surface area contributed by atoms with Gasteiger partial charge < -0.3 is 4.52 Å². The Hall–Kier alpha value is -1.86. The van der Waals surface area contributed by atoms with E-state index in [1.165, 1.54) is 0 Å². The van der Waals surface area contributed by atoms with Gasteiger partial charge in [-0.05, 0) is 13.0 Å². The summed E-state index contributed by atoms with van der Waals surface area (Å²) in [5, 5.41) is 3.77. The molecule has 0 bridgehead atoms. The van der Waals surface area contributed by atoms with E-state index in [2.05, 4.69) is 19.9 Å². The molecule has 0 spiro atoms. The number of benzene rings is 1. The number of halogens is 2. The van der Waals surface area contributed by atoms with Crippen molar-refractivity contribution in [3.8, 4) is 0 Å². The van der Waals surface area contributed by atoms with Crippen LogP contribution in [0.5, 0.6) is 0 Å². The molecule has 2 heterocycles. The SMILES string of the molecule is Cc1noc(CN2CCN(Cc3cccc(F)c3F)CC2)n1. The second-order valence-corrected chi connectivity index (χ2v) is 5.50. The molecule has 1 aromatic heterocycles. The molecule has 0 saturated carbocycles. The molecule has 1 saturated heterocycles. The van der Waals surface area contributed by atoms with Gasteiger partial charge in [0.05, 0.1) is 6.54 Å². The highest BCUT2D eigenvalue weighted by molar-refractivity contribution is 5.18. The van der Waals surface area contributed by atoms with Crippen LogP contribution < -0.4 is 0 Å². The first-order chi connectivity index (χ1) is 10.6. The summed E-state index contributed by atoms with van der Waals surface area (Å²) in [6.45, 7) is 6.10. The maximum absolute atomic E-state index is 13.7. The van der Waals surface area contributed by atoms with Crippen molar-refractivity contribution in [1.29, 1.82) is 0 Å². The summed E-state index contributed by atoms with van der Waals surface area (Å²) >= 11 is 0. The molecule has 5 nitrogen and oxygen atoms in total. The molecule has 0 unspecified atom stereocenters. The van der Waals surface area contributed by atoms with Crippen LogP contribution in [0.1, 0.15) is 17.3 Å². The van der Waals surface area contributed by atoms with Crippen molar-refractivity contribution in [3.05, 3.63) is 47.1 Å². The second kappa shape index (κ2) is 6.50. The van der Waals surface area contributed by atoms with Crippen molar-refractivity contribution in [3.63, 3.8) is 0 Å². The van der Waals surface area contributed by atoms with Gasteiger partial charge in [-0.1, -0.05) is 17.3 Å². The molecule has 7 heteroatoms. The smallest absolute Gasteiger partial charge is 0.240 e. The number of aryl methyl sites for hydroxylation is 1. The third-order valence-corrected chi connectivity index (χ3v) is 3.82. The Morgan fingerprint density at radius 1 is 1.09 bits per heavy atom. The summed E-state index contributed by atoms with van der Waals surface area (Å²) in [6, 6.07) is 4.32. The van der Waals surface area contributed by atoms with Crippen molar-refractivity contribution >= 4 is 0 Å². The lowest BCUT2D eigenvalue weighted by Gasteiger charge is -2.33. The number of nitrogens with zero attached hydrogens (tertiary/aromatic N) is 4. The zero-order chi connectivity index (χ0) is 15.5. The minimum absolute atomic E-state index is 0.404. The molecule has 1 aliphatic heterocycles. The zero-order valence-corrected chi connectivity index (χ0v) is 12.4. The lowest BCUT2D eigenvalue weighted by Crippen LogP contribution is -2.45. The van der Waals surface area contributed by atoms with E-state index < -0.39 is 11.6 Å². The van der Waals surface area contributed by atoms with E-state index in [0.29, 0.717) is 30.4 Å². The van der Waals surface area contributed by atoms with E-state index in [9.17, 15) is 8.78 Å². The molecule has 0 radical (unpaired) electrons. The third-order valence-electron chi connectivity index (χ3n) is 3.82. The predicted octanol–water partition coefficient (Wildman–Crippen LogP) is 1.97. The largest absolute Gasteiger partial charge is 0.338 e. The Balaban J connectivity index is 1.52. The van der Waals surface area contributed by atoms with Crippen LogP contribution in [-0.2, 0) is 13.1 Å². The minimum Gasteiger partial charge on any atom is -0.338 e. The van der Waals surface area contributed by atoms with Gasteiger partial charge in [0.25, 0.3) is 0 Å². The number of hydrogen-bond donors (Lipinski definition) is 0. The highest BCUT2D eigenvalue weighted by Gasteiger charge is 2.20. The van der Waals surface area contributed by atoms with Crippen LogP contribution in [0.15, 0.2) is 22.7 Å². The van der Waals surface area contributed by atoms with Crippen molar-refractivity contribution in [2.24, 2.45) is 0 Å². The van der Waals surface area contributed by atoms with Crippen LogP contribution in [0.25, 0.3) is 0 Å². The summed E-state index contributed by atoms with van der Waals surface area (Å²) in [5.74, 6) is -0.286. The maximum atomic E-state index is 13.7. The van der Waals surface area contributed by atoms with Gasteiger partial charge in [0.15, 0.2) is 17.5 Å². The molecule has 22 heavy (non-hydrogen) atoms. The fourth-order valence-electron chi connectivity index (χ4n) is 2.61. The van der Waals surface area contributed by atoms with E-state index in [0.717, 1.165) is 32.2 Å². The first kappa shape index (κ1) is 15.1. The summed E-state index contributed by atoms with van der Waals surface area (Å²) in [5.41, 5.74) is 0.404. The van der Waals surface area contributed by atoms with Gasteiger partial charge >= 0.3 is 0 Å². The normalized spacial score (nSPS) is 17.0. The summed E-state index contributed by atoms with van der Waals surface area (Å²) < 4.78 is 32.0. The molecule has 1 aromatic carbocycles. The van der Waals surface area contributed by atoms with Crippen molar-refractivity contribution in [2.45, 2.75) is 20.0 Å². The molecule has 0 aliphatic carbocycles. The van der Waals surface area contributed by atoms with Gasteiger partial charge in [-0.15, -0.1) is 0 Å². The summed E-state index contributed by atoms with van der Waals surface area (Å²) in [7, 11) is 0. The van der Waals surface area contributed by atoms with E-state index in [1.54, 1.807) is 19.1 Å². The van der Waals surface area contributed by atoms with E-state index in [1.807, 2.05) is 0 Å². The average Bonchev–Trinajstić information content (AvgIpc) is 2.91. The van der Waals surface area contributed by atoms with Crippen molar-refractivity contribution in [2.75, 3.05) is 26.2 Å². The van der Waals surface area contributed by atoms with Crippen molar-refractivity contribution < 1.29 is 13.3 Å². The minimum atomic E-state index is -0.789.